The van der Waals surface area contributed by atoms with Crippen LogP contribution in [0.4, 0.5) is 0 Å². The summed E-state index contributed by atoms with van der Waals surface area (Å²) in [7, 11) is 0. The van der Waals surface area contributed by atoms with Crippen molar-refractivity contribution >= 4 is 11.8 Å². The van der Waals surface area contributed by atoms with Crippen LogP contribution in [0.1, 0.15) is 28.8 Å². The van der Waals surface area contributed by atoms with Gasteiger partial charge in [0.25, 0.3) is 5.91 Å². The Morgan fingerprint density at radius 1 is 1.28 bits per heavy atom. The maximum Gasteiger partial charge on any atom is 0.254 e. The van der Waals surface area contributed by atoms with Crippen LogP contribution in [-0.2, 0) is 11.3 Å². The highest BCUT2D eigenvalue weighted by Crippen LogP contribution is 2.27. The number of aliphatic hydroxyl groups is 1. The number of nitrogens with one attached hydrogen (secondary N) is 1. The largest absolute Gasteiger partial charge is 0.372 e. The highest BCUT2D eigenvalue weighted by atomic mass is 16.3. The van der Waals surface area contributed by atoms with E-state index in [1.165, 1.54) is 0 Å². The van der Waals surface area contributed by atoms with Crippen molar-refractivity contribution in [2.75, 3.05) is 0 Å². The molecule has 0 aromatic heterocycles. The normalized spacial score (nSPS) is 27.1. The first-order valence-electron chi connectivity index (χ1n) is 6.03. The molecule has 0 aliphatic carbocycles. The minimum atomic E-state index is -0.968. The minimum Gasteiger partial charge on any atom is -0.372 e. The topological polar surface area (TPSA) is 69.6 Å². The van der Waals surface area contributed by atoms with Gasteiger partial charge in [0.2, 0.25) is 5.91 Å². The molecule has 2 N–H and O–H groups in total. The highest BCUT2D eigenvalue weighted by Gasteiger charge is 2.38. The number of rotatable bonds is 1. The molecule has 2 aliphatic rings. The Bertz CT molecular complexity index is 515. The van der Waals surface area contributed by atoms with Crippen LogP contribution in [0, 0.1) is 0 Å². The molecule has 1 saturated heterocycles. The van der Waals surface area contributed by atoms with Crippen molar-refractivity contribution in [1.29, 1.82) is 0 Å². The molecule has 18 heavy (non-hydrogen) atoms. The van der Waals surface area contributed by atoms with Gasteiger partial charge < -0.3 is 15.3 Å². The number of carbonyl (C=O) groups excluding carboxylic acids is 2. The molecule has 0 spiro atoms. The molecule has 0 radical (unpaired) electrons. The molecule has 1 fully saturated rings. The molecule has 2 atom stereocenters. The van der Waals surface area contributed by atoms with Gasteiger partial charge in [-0.3, -0.25) is 9.59 Å². The summed E-state index contributed by atoms with van der Waals surface area (Å²) in [5, 5.41) is 12.3. The van der Waals surface area contributed by atoms with Gasteiger partial charge in [-0.1, -0.05) is 18.2 Å². The first-order chi connectivity index (χ1) is 8.66. The fourth-order valence-electron chi connectivity index (χ4n) is 2.64. The van der Waals surface area contributed by atoms with Gasteiger partial charge in [-0.05, 0) is 18.1 Å². The third-order valence-electron chi connectivity index (χ3n) is 3.59. The Hall–Kier alpha value is -1.88. The Kier molecular flexibility index (Phi) is 2.56. The Morgan fingerprint density at radius 3 is 2.78 bits per heavy atom. The monoisotopic (exact) mass is 246 g/mol. The fourth-order valence-corrected chi connectivity index (χ4v) is 2.64. The zero-order valence-electron chi connectivity index (χ0n) is 9.80. The molecule has 0 bridgehead atoms. The third-order valence-corrected chi connectivity index (χ3v) is 3.59. The summed E-state index contributed by atoms with van der Waals surface area (Å²) in [6.45, 7) is 0.507. The van der Waals surface area contributed by atoms with E-state index in [1.54, 1.807) is 11.0 Å². The summed E-state index contributed by atoms with van der Waals surface area (Å²) >= 11 is 0. The van der Waals surface area contributed by atoms with E-state index in [1.807, 2.05) is 18.2 Å². The zero-order chi connectivity index (χ0) is 12.7. The van der Waals surface area contributed by atoms with Crippen molar-refractivity contribution in [3.05, 3.63) is 35.4 Å². The van der Waals surface area contributed by atoms with Crippen LogP contribution in [0.25, 0.3) is 0 Å². The number of nitrogens with zero attached hydrogens (tertiary/aromatic N) is 1. The molecule has 3 rings (SSSR count). The van der Waals surface area contributed by atoms with Gasteiger partial charge in [0.05, 0.1) is 6.04 Å². The van der Waals surface area contributed by atoms with Gasteiger partial charge >= 0.3 is 0 Å². The van der Waals surface area contributed by atoms with Gasteiger partial charge in [0, 0.05) is 18.5 Å². The number of aliphatic hydroxyl groups excluding tert-OH is 1. The lowest BCUT2D eigenvalue weighted by molar-refractivity contribution is -0.129. The van der Waals surface area contributed by atoms with E-state index in [2.05, 4.69) is 5.32 Å². The van der Waals surface area contributed by atoms with Crippen LogP contribution in [0.15, 0.2) is 24.3 Å². The standard InChI is InChI=1S/C13H14N2O3/c16-11-6-5-10(12(17)14-11)15-7-8-3-1-2-4-9(8)13(15)18/h1-4,10,12,17H,5-7H2,(H,14,16). The molecule has 1 aromatic carbocycles. The SMILES string of the molecule is O=C1CCC(N2Cc3ccccc3C2=O)C(O)N1. The summed E-state index contributed by atoms with van der Waals surface area (Å²) in [6.07, 6.45) is -0.112. The van der Waals surface area contributed by atoms with Gasteiger partial charge in [-0.2, -0.15) is 0 Å². The fraction of sp³-hybridized carbons (Fsp3) is 0.385. The van der Waals surface area contributed by atoms with Gasteiger partial charge in [-0.25, -0.2) is 0 Å². The van der Waals surface area contributed by atoms with Crippen molar-refractivity contribution in [3.63, 3.8) is 0 Å². The summed E-state index contributed by atoms with van der Waals surface area (Å²) in [5.74, 6) is -0.228. The highest BCUT2D eigenvalue weighted by molar-refractivity contribution is 5.98. The van der Waals surface area contributed by atoms with Crippen LogP contribution < -0.4 is 5.32 Å². The molecular weight excluding hydrogens is 232 g/mol. The number of piperidine rings is 1. The minimum absolute atomic E-state index is 0.0641. The first kappa shape index (κ1) is 11.2. The van der Waals surface area contributed by atoms with Crippen molar-refractivity contribution in [1.82, 2.24) is 10.2 Å². The second-order valence-electron chi connectivity index (χ2n) is 4.71. The lowest BCUT2D eigenvalue weighted by atomic mass is 10.0. The Labute approximate surface area is 104 Å². The lowest BCUT2D eigenvalue weighted by Gasteiger charge is -2.35. The van der Waals surface area contributed by atoms with E-state index in [0.29, 0.717) is 24.9 Å². The average Bonchev–Trinajstić information content (AvgIpc) is 2.68. The number of carbonyl (C=O) groups is 2. The maximum atomic E-state index is 12.2. The smallest absolute Gasteiger partial charge is 0.254 e. The number of amides is 2. The second kappa shape index (κ2) is 4.10. The quantitative estimate of drug-likeness (QED) is 0.745. The average molecular weight is 246 g/mol. The predicted octanol–water partition coefficient (Wildman–Crippen LogP) is 0.239. The molecular formula is C13H14N2O3. The maximum absolute atomic E-state index is 12.2. The van der Waals surface area contributed by atoms with Gasteiger partial charge in [0.15, 0.2) is 0 Å². The van der Waals surface area contributed by atoms with E-state index in [9.17, 15) is 14.7 Å². The number of benzene rings is 1. The number of hydrogen-bond donors (Lipinski definition) is 2. The summed E-state index contributed by atoms with van der Waals surface area (Å²) < 4.78 is 0. The van der Waals surface area contributed by atoms with Crippen molar-refractivity contribution in [2.24, 2.45) is 0 Å². The second-order valence-corrected chi connectivity index (χ2v) is 4.71. The Balaban J connectivity index is 1.84. The molecule has 5 heteroatoms. The molecule has 0 saturated carbocycles. The van der Waals surface area contributed by atoms with E-state index in [0.717, 1.165) is 5.56 Å². The van der Waals surface area contributed by atoms with Crippen LogP contribution >= 0.6 is 0 Å². The molecule has 1 aromatic rings. The number of fused-ring (bicyclic) bond motifs is 1. The van der Waals surface area contributed by atoms with Gasteiger partial charge in [-0.15, -0.1) is 0 Å². The van der Waals surface area contributed by atoms with E-state index in [4.69, 9.17) is 0 Å². The molecule has 2 unspecified atom stereocenters. The molecule has 2 aliphatic heterocycles. The summed E-state index contributed by atoms with van der Waals surface area (Å²) in [4.78, 5) is 25.0. The van der Waals surface area contributed by atoms with Crippen molar-refractivity contribution in [3.8, 4) is 0 Å². The zero-order valence-corrected chi connectivity index (χ0v) is 9.80. The summed E-state index contributed by atoms with van der Waals surface area (Å²) in [5.41, 5.74) is 1.67. The third kappa shape index (κ3) is 1.67. The Morgan fingerprint density at radius 2 is 2.06 bits per heavy atom. The lowest BCUT2D eigenvalue weighted by Crippen LogP contribution is -2.55. The van der Waals surface area contributed by atoms with Gasteiger partial charge in [0.1, 0.15) is 6.23 Å². The van der Waals surface area contributed by atoms with E-state index >= 15 is 0 Å². The van der Waals surface area contributed by atoms with Crippen LogP contribution in [-0.4, -0.2) is 34.1 Å². The van der Waals surface area contributed by atoms with E-state index in [-0.39, 0.29) is 17.9 Å². The van der Waals surface area contributed by atoms with Crippen molar-refractivity contribution in [2.45, 2.75) is 31.7 Å². The molecule has 2 heterocycles. The summed E-state index contributed by atoms with van der Waals surface area (Å²) in [6, 6.07) is 7.11. The first-order valence-corrected chi connectivity index (χ1v) is 6.03. The van der Waals surface area contributed by atoms with Crippen LogP contribution in [0.2, 0.25) is 0 Å². The van der Waals surface area contributed by atoms with Crippen LogP contribution in [0.5, 0.6) is 0 Å². The molecule has 94 valence electrons. The predicted molar refractivity (Wildman–Crippen MR) is 63.5 cm³/mol. The molecule has 5 nitrogen and oxygen atoms in total. The van der Waals surface area contributed by atoms with Crippen LogP contribution in [0.3, 0.4) is 0 Å². The molecule has 2 amide bonds. The van der Waals surface area contributed by atoms with Crippen molar-refractivity contribution < 1.29 is 14.7 Å². The van der Waals surface area contributed by atoms with E-state index < -0.39 is 6.23 Å². The number of hydrogen-bond acceptors (Lipinski definition) is 3.